The van der Waals surface area contributed by atoms with Crippen molar-refractivity contribution < 1.29 is 9.59 Å². The highest BCUT2D eigenvalue weighted by Crippen LogP contribution is 2.23. The van der Waals surface area contributed by atoms with Crippen LogP contribution in [0.2, 0.25) is 0 Å². The van der Waals surface area contributed by atoms with Gasteiger partial charge in [-0.2, -0.15) is 0 Å². The van der Waals surface area contributed by atoms with E-state index in [1.54, 1.807) is 18.0 Å². The number of piperazine rings is 1. The lowest BCUT2D eigenvalue weighted by Crippen LogP contribution is -2.54. The summed E-state index contributed by atoms with van der Waals surface area (Å²) in [4.78, 5) is 33.5. The first kappa shape index (κ1) is 19.7. The van der Waals surface area contributed by atoms with Crippen molar-refractivity contribution in [2.24, 2.45) is 0 Å². The largest absolute Gasteiger partial charge is 0.353 e. The lowest BCUT2D eigenvalue weighted by atomic mass is 10.1. The molecule has 1 fully saturated rings. The standard InChI is InChI=1S/C23H25N5O2/c1-17(22(29)26-20-10-6-8-18-7-2-3-9-19(18)20)25-23(30)28-15-13-27(14-16-28)21-11-4-5-12-24-21/h2-12,17H,13-16H2,1H3,(H,25,30)(H,26,29)/t17-/m1/s1. The summed E-state index contributed by atoms with van der Waals surface area (Å²) in [5, 5.41) is 7.77. The maximum absolute atomic E-state index is 12.7. The normalized spacial score (nSPS) is 15.0. The zero-order valence-electron chi connectivity index (χ0n) is 16.9. The Morgan fingerprint density at radius 1 is 0.933 bits per heavy atom. The van der Waals surface area contributed by atoms with Crippen LogP contribution in [0.1, 0.15) is 6.92 Å². The summed E-state index contributed by atoms with van der Waals surface area (Å²) in [6.07, 6.45) is 1.77. The van der Waals surface area contributed by atoms with Crippen LogP contribution in [-0.2, 0) is 4.79 Å². The minimum Gasteiger partial charge on any atom is -0.353 e. The molecule has 4 rings (SSSR count). The zero-order chi connectivity index (χ0) is 20.9. The van der Waals surface area contributed by atoms with E-state index in [0.29, 0.717) is 26.2 Å². The summed E-state index contributed by atoms with van der Waals surface area (Å²) in [6, 6.07) is 18.6. The molecule has 1 aliphatic rings. The lowest BCUT2D eigenvalue weighted by molar-refractivity contribution is -0.117. The van der Waals surface area contributed by atoms with Crippen molar-refractivity contribution in [2.75, 3.05) is 36.4 Å². The fraction of sp³-hybridized carbons (Fsp3) is 0.261. The van der Waals surface area contributed by atoms with Gasteiger partial charge in [-0.3, -0.25) is 4.79 Å². The van der Waals surface area contributed by atoms with Crippen LogP contribution in [-0.4, -0.2) is 54.0 Å². The number of hydrogen-bond donors (Lipinski definition) is 2. The van der Waals surface area contributed by atoms with Crippen molar-refractivity contribution in [2.45, 2.75) is 13.0 Å². The number of urea groups is 1. The van der Waals surface area contributed by atoms with Gasteiger partial charge in [-0.15, -0.1) is 0 Å². The SMILES string of the molecule is C[C@@H](NC(=O)N1CCN(c2ccccn2)CC1)C(=O)Nc1cccc2ccccc12. The fourth-order valence-electron chi connectivity index (χ4n) is 3.60. The summed E-state index contributed by atoms with van der Waals surface area (Å²) >= 11 is 0. The van der Waals surface area contributed by atoms with Gasteiger partial charge in [-0.25, -0.2) is 9.78 Å². The Hall–Kier alpha value is -3.61. The Morgan fingerprint density at radius 3 is 2.43 bits per heavy atom. The number of anilines is 2. The minimum atomic E-state index is -0.648. The molecule has 2 N–H and O–H groups in total. The van der Waals surface area contributed by atoms with Crippen LogP contribution < -0.4 is 15.5 Å². The number of hydrogen-bond acceptors (Lipinski definition) is 4. The van der Waals surface area contributed by atoms with E-state index in [2.05, 4.69) is 20.5 Å². The monoisotopic (exact) mass is 403 g/mol. The van der Waals surface area contributed by atoms with Crippen LogP contribution in [0.4, 0.5) is 16.3 Å². The second-order valence-electron chi connectivity index (χ2n) is 7.35. The molecule has 0 unspecified atom stereocenters. The Balaban J connectivity index is 1.32. The van der Waals surface area contributed by atoms with Crippen molar-refractivity contribution in [3.63, 3.8) is 0 Å². The van der Waals surface area contributed by atoms with E-state index in [0.717, 1.165) is 22.3 Å². The average Bonchev–Trinajstić information content (AvgIpc) is 2.80. The van der Waals surface area contributed by atoms with Gasteiger partial charge in [0, 0.05) is 43.4 Å². The van der Waals surface area contributed by atoms with Gasteiger partial charge in [0.15, 0.2) is 0 Å². The first-order chi connectivity index (χ1) is 14.6. The van der Waals surface area contributed by atoms with E-state index in [4.69, 9.17) is 0 Å². The molecule has 7 nitrogen and oxygen atoms in total. The number of nitrogens with one attached hydrogen (secondary N) is 2. The van der Waals surface area contributed by atoms with Crippen molar-refractivity contribution in [1.29, 1.82) is 0 Å². The van der Waals surface area contributed by atoms with Gasteiger partial charge in [-0.05, 0) is 30.5 Å². The molecular formula is C23H25N5O2. The molecule has 0 spiro atoms. The Kier molecular flexibility index (Phi) is 5.79. The first-order valence-electron chi connectivity index (χ1n) is 10.1. The lowest BCUT2D eigenvalue weighted by Gasteiger charge is -2.35. The zero-order valence-corrected chi connectivity index (χ0v) is 16.9. The molecule has 1 aliphatic heterocycles. The molecule has 7 heteroatoms. The number of nitrogens with zero attached hydrogens (tertiary/aromatic N) is 3. The molecule has 3 amide bonds. The molecule has 0 aliphatic carbocycles. The molecule has 30 heavy (non-hydrogen) atoms. The average molecular weight is 403 g/mol. The molecule has 2 aromatic carbocycles. The van der Waals surface area contributed by atoms with E-state index in [1.165, 1.54) is 0 Å². The number of pyridine rings is 1. The quantitative estimate of drug-likeness (QED) is 0.702. The molecule has 2 heterocycles. The van der Waals surface area contributed by atoms with E-state index in [9.17, 15) is 9.59 Å². The molecule has 154 valence electrons. The second kappa shape index (κ2) is 8.82. The number of carbonyl (C=O) groups is 2. The maximum atomic E-state index is 12.7. The van der Waals surface area contributed by atoms with Crippen LogP contribution in [0.25, 0.3) is 10.8 Å². The number of aromatic nitrogens is 1. The number of benzene rings is 2. The summed E-state index contributed by atoms with van der Waals surface area (Å²) in [7, 11) is 0. The summed E-state index contributed by atoms with van der Waals surface area (Å²) < 4.78 is 0. The van der Waals surface area contributed by atoms with Crippen LogP contribution in [0.15, 0.2) is 66.9 Å². The number of carbonyl (C=O) groups excluding carboxylic acids is 2. The van der Waals surface area contributed by atoms with Crippen LogP contribution in [0, 0.1) is 0 Å². The van der Waals surface area contributed by atoms with Gasteiger partial charge < -0.3 is 20.4 Å². The number of fused-ring (bicyclic) bond motifs is 1. The summed E-state index contributed by atoms with van der Waals surface area (Å²) in [6.45, 7) is 4.28. The third-order valence-corrected chi connectivity index (χ3v) is 5.32. The highest BCUT2D eigenvalue weighted by Gasteiger charge is 2.24. The van der Waals surface area contributed by atoms with Gasteiger partial charge in [0.05, 0.1) is 0 Å². The molecular weight excluding hydrogens is 378 g/mol. The van der Waals surface area contributed by atoms with Gasteiger partial charge in [0.2, 0.25) is 5.91 Å². The number of rotatable bonds is 4. The predicted octanol–water partition coefficient (Wildman–Crippen LogP) is 3.09. The molecule has 1 atom stereocenters. The Morgan fingerprint density at radius 2 is 1.67 bits per heavy atom. The number of amides is 3. The maximum Gasteiger partial charge on any atom is 0.318 e. The third-order valence-electron chi connectivity index (χ3n) is 5.32. The van der Waals surface area contributed by atoms with E-state index in [1.807, 2.05) is 60.7 Å². The van der Waals surface area contributed by atoms with Crippen LogP contribution in [0.5, 0.6) is 0 Å². The smallest absolute Gasteiger partial charge is 0.318 e. The molecule has 0 bridgehead atoms. The Bertz CT molecular complexity index is 1030. The summed E-state index contributed by atoms with van der Waals surface area (Å²) in [5.41, 5.74) is 0.739. The highest BCUT2D eigenvalue weighted by atomic mass is 16.2. The van der Waals surface area contributed by atoms with Crippen molar-refractivity contribution in [1.82, 2.24) is 15.2 Å². The van der Waals surface area contributed by atoms with E-state index >= 15 is 0 Å². The highest BCUT2D eigenvalue weighted by molar-refractivity contribution is 6.04. The fourth-order valence-corrected chi connectivity index (χ4v) is 3.60. The van der Waals surface area contributed by atoms with Crippen molar-refractivity contribution in [3.8, 4) is 0 Å². The summed E-state index contributed by atoms with van der Waals surface area (Å²) in [5.74, 6) is 0.673. The van der Waals surface area contributed by atoms with Crippen LogP contribution >= 0.6 is 0 Å². The second-order valence-corrected chi connectivity index (χ2v) is 7.35. The third kappa shape index (κ3) is 4.35. The topological polar surface area (TPSA) is 77.6 Å². The van der Waals surface area contributed by atoms with Crippen molar-refractivity contribution >= 4 is 34.2 Å². The molecule has 1 saturated heterocycles. The Labute approximate surface area is 175 Å². The van der Waals surface area contributed by atoms with Crippen molar-refractivity contribution in [3.05, 3.63) is 66.9 Å². The minimum absolute atomic E-state index is 0.226. The van der Waals surface area contributed by atoms with Gasteiger partial charge in [0.25, 0.3) is 0 Å². The molecule has 1 aromatic heterocycles. The van der Waals surface area contributed by atoms with Crippen LogP contribution in [0.3, 0.4) is 0 Å². The van der Waals surface area contributed by atoms with Gasteiger partial charge in [-0.1, -0.05) is 42.5 Å². The molecule has 0 saturated carbocycles. The van der Waals surface area contributed by atoms with Gasteiger partial charge in [0.1, 0.15) is 11.9 Å². The van der Waals surface area contributed by atoms with E-state index in [-0.39, 0.29) is 11.9 Å². The first-order valence-corrected chi connectivity index (χ1v) is 10.1. The van der Waals surface area contributed by atoms with E-state index < -0.39 is 6.04 Å². The van der Waals surface area contributed by atoms with Gasteiger partial charge >= 0.3 is 6.03 Å². The predicted molar refractivity (Wildman–Crippen MR) is 119 cm³/mol. The molecule has 3 aromatic rings. The molecule has 0 radical (unpaired) electrons.